The van der Waals surface area contributed by atoms with Gasteiger partial charge in [-0.3, -0.25) is 4.79 Å². The molecule has 0 atom stereocenters. The van der Waals surface area contributed by atoms with Crippen LogP contribution < -0.4 is 10.2 Å². The van der Waals surface area contributed by atoms with E-state index in [0.29, 0.717) is 37.6 Å². The van der Waals surface area contributed by atoms with Crippen LogP contribution >= 0.6 is 15.9 Å². The summed E-state index contributed by atoms with van der Waals surface area (Å²) in [6.45, 7) is 2.36. The molecule has 1 fully saturated rings. The van der Waals surface area contributed by atoms with Gasteiger partial charge in [0.25, 0.3) is 5.91 Å². The molecule has 2 aromatic carbocycles. The Morgan fingerprint density at radius 2 is 1.65 bits per heavy atom. The highest BCUT2D eigenvalue weighted by Crippen LogP contribution is 2.20. The largest absolute Gasteiger partial charge is 0.325 e. The van der Waals surface area contributed by atoms with Crippen LogP contribution in [0.15, 0.2) is 64.0 Å². The van der Waals surface area contributed by atoms with Gasteiger partial charge in [-0.15, -0.1) is 0 Å². The van der Waals surface area contributed by atoms with Crippen molar-refractivity contribution in [3.8, 4) is 0 Å². The van der Waals surface area contributed by atoms with Crippen molar-refractivity contribution < 1.29 is 18.1 Å². The van der Waals surface area contributed by atoms with Crippen molar-refractivity contribution >= 4 is 37.5 Å². The Morgan fingerprint density at radius 1 is 1.04 bits per heavy atom. The number of piperazine rings is 1. The fraction of sp³-hybridized carbons (Fsp3) is 0.278. The van der Waals surface area contributed by atoms with Crippen molar-refractivity contribution in [3.63, 3.8) is 0 Å². The summed E-state index contributed by atoms with van der Waals surface area (Å²) in [5, 5.41) is 2.89. The number of hydrogen-bond acceptors (Lipinski definition) is 3. The Labute approximate surface area is 162 Å². The van der Waals surface area contributed by atoms with E-state index < -0.39 is 10.0 Å². The summed E-state index contributed by atoms with van der Waals surface area (Å²) in [7, 11) is -3.45. The number of para-hydroxylation sites is 1. The molecule has 1 heterocycles. The number of nitrogens with zero attached hydrogens (tertiary/aromatic N) is 1. The van der Waals surface area contributed by atoms with Crippen molar-refractivity contribution in [1.29, 1.82) is 0 Å². The van der Waals surface area contributed by atoms with Gasteiger partial charge < -0.3 is 10.2 Å². The third kappa shape index (κ3) is 4.50. The van der Waals surface area contributed by atoms with E-state index in [2.05, 4.69) is 21.2 Å². The number of amides is 1. The lowest BCUT2D eigenvalue weighted by atomic mass is 10.3. The minimum atomic E-state index is -3.45. The average molecular weight is 439 g/mol. The maximum absolute atomic E-state index is 12.6. The zero-order chi connectivity index (χ0) is 18.6. The zero-order valence-corrected chi connectivity index (χ0v) is 16.6. The highest BCUT2D eigenvalue weighted by Gasteiger charge is 2.31. The molecule has 0 aromatic heterocycles. The third-order valence-electron chi connectivity index (χ3n) is 4.37. The Morgan fingerprint density at radius 3 is 2.31 bits per heavy atom. The number of carbonyl (C=O) groups excluding carboxylic acids is 1. The minimum absolute atomic E-state index is 0.0775. The molecule has 3 rings (SSSR count). The van der Waals surface area contributed by atoms with Gasteiger partial charge in [0.05, 0.1) is 36.8 Å². The Kier molecular flexibility index (Phi) is 6.08. The van der Waals surface area contributed by atoms with Gasteiger partial charge in [-0.25, -0.2) is 8.42 Å². The summed E-state index contributed by atoms with van der Waals surface area (Å²) in [4.78, 5) is 13.6. The lowest BCUT2D eigenvalue weighted by Crippen LogP contribution is -3.15. The molecule has 138 valence electrons. The molecule has 2 N–H and O–H groups in total. The molecule has 0 bridgehead atoms. The van der Waals surface area contributed by atoms with Crippen LogP contribution in [0.4, 0.5) is 5.69 Å². The van der Waals surface area contributed by atoms with E-state index in [1.54, 1.807) is 30.3 Å². The van der Waals surface area contributed by atoms with E-state index >= 15 is 0 Å². The first-order chi connectivity index (χ1) is 12.5. The molecule has 2 aromatic rings. The summed E-state index contributed by atoms with van der Waals surface area (Å²) in [6, 6.07) is 15.9. The van der Waals surface area contributed by atoms with Crippen LogP contribution in [0.3, 0.4) is 0 Å². The first-order valence-electron chi connectivity index (χ1n) is 8.40. The van der Waals surface area contributed by atoms with Crippen molar-refractivity contribution in [3.05, 3.63) is 59.1 Å². The van der Waals surface area contributed by atoms with Gasteiger partial charge in [-0.05, 0) is 40.2 Å². The molecule has 1 saturated heterocycles. The molecule has 1 aliphatic heterocycles. The number of benzene rings is 2. The van der Waals surface area contributed by atoms with E-state index in [-0.39, 0.29) is 5.91 Å². The van der Waals surface area contributed by atoms with Crippen LogP contribution in [0, 0.1) is 0 Å². The predicted octanol–water partition coefficient (Wildman–Crippen LogP) is 0.977. The number of sulfonamides is 1. The van der Waals surface area contributed by atoms with E-state index in [4.69, 9.17) is 0 Å². The van der Waals surface area contributed by atoms with Crippen LogP contribution in [-0.2, 0) is 14.8 Å². The van der Waals surface area contributed by atoms with Gasteiger partial charge in [-0.1, -0.05) is 30.3 Å². The molecule has 0 unspecified atom stereocenters. The Hall–Kier alpha value is -1.74. The quantitative estimate of drug-likeness (QED) is 0.730. The second-order valence-corrected chi connectivity index (χ2v) is 8.96. The molecule has 0 radical (unpaired) electrons. The summed E-state index contributed by atoms with van der Waals surface area (Å²) in [5.41, 5.74) is 0.738. The molecular formula is C18H21BrN3O3S+. The summed E-state index contributed by atoms with van der Waals surface area (Å²) >= 11 is 3.41. The number of rotatable bonds is 5. The minimum Gasteiger partial charge on any atom is -0.325 e. The molecule has 1 aliphatic rings. The smallest absolute Gasteiger partial charge is 0.279 e. The van der Waals surface area contributed by atoms with Crippen molar-refractivity contribution in [2.75, 3.05) is 38.0 Å². The van der Waals surface area contributed by atoms with E-state index in [9.17, 15) is 13.2 Å². The molecular weight excluding hydrogens is 418 g/mol. The molecule has 8 heteroatoms. The number of halogens is 1. The second kappa shape index (κ2) is 8.30. The van der Waals surface area contributed by atoms with Gasteiger partial charge in [0.15, 0.2) is 6.54 Å². The van der Waals surface area contributed by atoms with Gasteiger partial charge in [0, 0.05) is 4.47 Å². The molecule has 0 saturated carbocycles. The summed E-state index contributed by atoms with van der Waals surface area (Å²) in [6.07, 6.45) is 0. The highest BCUT2D eigenvalue weighted by molar-refractivity contribution is 9.10. The molecule has 1 amide bonds. The first kappa shape index (κ1) is 19.0. The van der Waals surface area contributed by atoms with Crippen LogP contribution in [0.25, 0.3) is 0 Å². The molecule has 0 aliphatic carbocycles. The van der Waals surface area contributed by atoms with E-state index in [1.165, 1.54) is 4.31 Å². The molecule has 6 nitrogen and oxygen atoms in total. The number of hydrogen-bond donors (Lipinski definition) is 2. The standard InChI is InChI=1S/C18H20BrN3O3S/c19-16-8-4-5-9-17(16)20-18(23)14-21-10-12-22(13-11-21)26(24,25)15-6-2-1-3-7-15/h1-9H,10-14H2,(H,20,23)/p+1. The second-order valence-electron chi connectivity index (χ2n) is 6.17. The van der Waals surface area contributed by atoms with E-state index in [1.807, 2.05) is 24.3 Å². The maximum Gasteiger partial charge on any atom is 0.279 e. The highest BCUT2D eigenvalue weighted by atomic mass is 79.9. The Bertz CT molecular complexity index is 866. The Balaban J connectivity index is 1.54. The topological polar surface area (TPSA) is 70.9 Å². The number of anilines is 1. The summed E-state index contributed by atoms with van der Waals surface area (Å²) < 4.78 is 27.6. The van der Waals surface area contributed by atoms with Gasteiger partial charge in [-0.2, -0.15) is 4.31 Å². The number of nitrogens with one attached hydrogen (secondary N) is 2. The van der Waals surface area contributed by atoms with Crippen LogP contribution in [-0.4, -0.2) is 51.4 Å². The zero-order valence-electron chi connectivity index (χ0n) is 14.2. The average Bonchev–Trinajstić information content (AvgIpc) is 2.65. The SMILES string of the molecule is O=C(C[NH+]1CCN(S(=O)(=O)c2ccccc2)CC1)Nc1ccccc1Br. The van der Waals surface area contributed by atoms with Crippen LogP contribution in [0.1, 0.15) is 0 Å². The van der Waals surface area contributed by atoms with Gasteiger partial charge >= 0.3 is 0 Å². The van der Waals surface area contributed by atoms with Crippen molar-refractivity contribution in [2.45, 2.75) is 4.90 Å². The van der Waals surface area contributed by atoms with Crippen molar-refractivity contribution in [1.82, 2.24) is 4.31 Å². The molecule has 26 heavy (non-hydrogen) atoms. The predicted molar refractivity (Wildman–Crippen MR) is 104 cm³/mol. The van der Waals surface area contributed by atoms with Gasteiger partial charge in [0.1, 0.15) is 0 Å². The van der Waals surface area contributed by atoms with Gasteiger partial charge in [0.2, 0.25) is 10.0 Å². The normalized spacial score (nSPS) is 16.3. The number of carbonyl (C=O) groups is 1. The summed E-state index contributed by atoms with van der Waals surface area (Å²) in [5.74, 6) is -0.0775. The van der Waals surface area contributed by atoms with Crippen LogP contribution in [0.2, 0.25) is 0 Å². The molecule has 0 spiro atoms. The lowest BCUT2D eigenvalue weighted by molar-refractivity contribution is -0.895. The third-order valence-corrected chi connectivity index (χ3v) is 6.97. The van der Waals surface area contributed by atoms with E-state index in [0.717, 1.165) is 15.1 Å². The monoisotopic (exact) mass is 438 g/mol. The first-order valence-corrected chi connectivity index (χ1v) is 10.6. The number of quaternary nitrogens is 1. The van der Waals surface area contributed by atoms with Crippen molar-refractivity contribution in [2.24, 2.45) is 0 Å². The van der Waals surface area contributed by atoms with Crippen LogP contribution in [0.5, 0.6) is 0 Å². The maximum atomic E-state index is 12.6. The fourth-order valence-electron chi connectivity index (χ4n) is 2.95. The lowest BCUT2D eigenvalue weighted by Gasteiger charge is -2.31. The fourth-order valence-corrected chi connectivity index (χ4v) is 4.79.